The number of methoxy groups -OCH3 is 2. The molecule has 4 heterocycles. The number of hydrogen-bond acceptors (Lipinski definition) is 12. The van der Waals surface area contributed by atoms with E-state index in [2.05, 4.69) is 41.3 Å². The second-order valence-electron chi connectivity index (χ2n) is 24.2. The number of ether oxygens (including phenoxy) is 4. The van der Waals surface area contributed by atoms with Crippen molar-refractivity contribution in [2.45, 2.75) is 185 Å². The largest absolute Gasteiger partial charge is 0.496 e. The molecule has 4 unspecified atom stereocenters. The fourth-order valence-corrected chi connectivity index (χ4v) is 17.1. The number of piperidine rings is 2. The highest BCUT2D eigenvalue weighted by molar-refractivity contribution is 9.11. The molecule has 6 fully saturated rings. The standard InChI is InChI=1S/2C32H36BrF2N3O5S/c2*1-42-29-16-21(8-13-28(29)33)32(34,35)30(31(39)38-23-9-10-24(38)18-22(36)17-23)37-44(40,41)27-12-7-19-14-26(11-6-20(19)15-27)43-25-4-2-3-5-25/h2*6-8,11-16,22-25,30,37H,2-5,9-10,17-18,36H2,1H3/t2*22?,23?,24?,30-/m10/s1. The molecule has 6 aromatic carbocycles. The van der Waals surface area contributed by atoms with Crippen LogP contribution in [0.15, 0.2) is 128 Å². The second-order valence-corrected chi connectivity index (χ2v) is 29.3. The minimum Gasteiger partial charge on any atom is -0.496 e. The number of amides is 2. The summed E-state index contributed by atoms with van der Waals surface area (Å²) in [6.07, 6.45) is 13.4. The third kappa shape index (κ3) is 13.4. The van der Waals surface area contributed by atoms with E-state index in [1.807, 2.05) is 12.1 Å². The fraction of sp³-hybridized carbons (Fsp3) is 0.469. The summed E-state index contributed by atoms with van der Waals surface area (Å²) in [4.78, 5) is 30.5. The van der Waals surface area contributed by atoms with E-state index in [0.717, 1.165) is 86.4 Å². The van der Waals surface area contributed by atoms with Gasteiger partial charge in [-0.2, -0.15) is 27.0 Å². The van der Waals surface area contributed by atoms with Gasteiger partial charge in [0.25, 0.3) is 11.8 Å². The van der Waals surface area contributed by atoms with E-state index in [-0.39, 0.29) is 69.7 Å². The smallest absolute Gasteiger partial charge is 0.298 e. The summed E-state index contributed by atoms with van der Waals surface area (Å²) in [7, 11) is -6.48. The van der Waals surface area contributed by atoms with Crippen LogP contribution in [0.3, 0.4) is 0 Å². The first-order valence-electron chi connectivity index (χ1n) is 30.0. The van der Waals surface area contributed by atoms with Crippen LogP contribution < -0.4 is 39.9 Å². The maximum absolute atomic E-state index is 16.5. The van der Waals surface area contributed by atoms with Gasteiger partial charge < -0.3 is 40.2 Å². The van der Waals surface area contributed by atoms with Gasteiger partial charge in [-0.3, -0.25) is 9.59 Å². The molecule has 472 valence electrons. The maximum Gasteiger partial charge on any atom is 0.298 e. The quantitative estimate of drug-likeness (QED) is 0.0590. The van der Waals surface area contributed by atoms with Crippen molar-refractivity contribution in [2.24, 2.45) is 11.5 Å². The Morgan fingerprint density at radius 3 is 1.17 bits per heavy atom. The number of nitrogens with zero attached hydrogens (tertiary/aromatic N) is 2. The normalized spacial score (nSPS) is 23.2. The highest BCUT2D eigenvalue weighted by Crippen LogP contribution is 2.44. The number of nitrogens with one attached hydrogen (secondary N) is 2. The number of rotatable bonds is 18. The number of carbonyl (C=O) groups is 2. The Hall–Kier alpha value is -5.60. The van der Waals surface area contributed by atoms with Gasteiger partial charge in [-0.15, -0.1) is 0 Å². The van der Waals surface area contributed by atoms with Crippen LogP contribution in [0.5, 0.6) is 23.0 Å². The molecule has 4 aliphatic heterocycles. The Morgan fingerprint density at radius 2 is 0.830 bits per heavy atom. The molecule has 16 nitrogen and oxygen atoms in total. The van der Waals surface area contributed by atoms with Crippen molar-refractivity contribution < 1.29 is 62.9 Å². The molecule has 0 aromatic heterocycles. The van der Waals surface area contributed by atoms with Crippen LogP contribution in [-0.2, 0) is 41.5 Å². The molecule has 2 saturated carbocycles. The summed E-state index contributed by atoms with van der Waals surface area (Å²) >= 11 is 6.53. The molecule has 6 aromatic rings. The van der Waals surface area contributed by atoms with Gasteiger partial charge >= 0.3 is 0 Å². The second kappa shape index (κ2) is 25.9. The van der Waals surface area contributed by atoms with Crippen molar-refractivity contribution in [3.05, 3.63) is 129 Å². The summed E-state index contributed by atoms with van der Waals surface area (Å²) in [5, 5.41) is 2.70. The van der Waals surface area contributed by atoms with Gasteiger partial charge in [0, 0.05) is 47.4 Å². The lowest BCUT2D eigenvalue weighted by atomic mass is 9.94. The van der Waals surface area contributed by atoms with Crippen LogP contribution in [0.2, 0.25) is 0 Å². The molecule has 2 aliphatic carbocycles. The number of alkyl halides is 4. The van der Waals surface area contributed by atoms with Gasteiger partial charge in [0.15, 0.2) is 12.1 Å². The molecule has 4 bridgehead atoms. The lowest BCUT2D eigenvalue weighted by Gasteiger charge is -2.41. The first-order chi connectivity index (χ1) is 41.9. The molecule has 6 N–H and O–H groups in total. The van der Waals surface area contributed by atoms with E-state index >= 15 is 17.6 Å². The van der Waals surface area contributed by atoms with Crippen molar-refractivity contribution in [3.63, 3.8) is 0 Å². The molecule has 12 rings (SSSR count). The van der Waals surface area contributed by atoms with Crippen LogP contribution >= 0.6 is 31.9 Å². The van der Waals surface area contributed by atoms with Crippen LogP contribution in [0, 0.1) is 0 Å². The molecule has 24 heteroatoms. The zero-order valence-corrected chi connectivity index (χ0v) is 53.5. The zero-order valence-electron chi connectivity index (χ0n) is 48.7. The first kappa shape index (κ1) is 63.9. The van der Waals surface area contributed by atoms with E-state index in [9.17, 15) is 26.4 Å². The van der Waals surface area contributed by atoms with Crippen molar-refractivity contribution >= 4 is 85.3 Å². The summed E-state index contributed by atoms with van der Waals surface area (Å²) < 4.78 is 149. The molecule has 0 radical (unpaired) electrons. The lowest BCUT2D eigenvalue weighted by Crippen LogP contribution is -2.60. The minimum absolute atomic E-state index is 0.131. The van der Waals surface area contributed by atoms with E-state index in [1.54, 1.807) is 36.4 Å². The molecular weight excluding hydrogens is 1310 g/mol. The Bertz CT molecular complexity index is 3550. The van der Waals surface area contributed by atoms with Crippen molar-refractivity contribution in [1.29, 1.82) is 0 Å². The van der Waals surface area contributed by atoms with Crippen LogP contribution in [-0.4, -0.2) is 113 Å². The molecule has 2 amide bonds. The van der Waals surface area contributed by atoms with Gasteiger partial charge in [-0.1, -0.05) is 36.4 Å². The van der Waals surface area contributed by atoms with Crippen molar-refractivity contribution in [1.82, 2.24) is 19.2 Å². The van der Waals surface area contributed by atoms with E-state index < -0.39 is 66.9 Å². The van der Waals surface area contributed by atoms with Gasteiger partial charge in [0.05, 0.1) is 45.2 Å². The topological polar surface area (TPSA) is 222 Å². The van der Waals surface area contributed by atoms with Crippen LogP contribution in [0.4, 0.5) is 17.6 Å². The molecule has 6 atom stereocenters. The van der Waals surface area contributed by atoms with Crippen molar-refractivity contribution in [3.8, 4) is 23.0 Å². The average molecular weight is 1390 g/mol. The fourth-order valence-electron chi connectivity index (χ4n) is 13.8. The molecule has 88 heavy (non-hydrogen) atoms. The van der Waals surface area contributed by atoms with Crippen molar-refractivity contribution in [2.75, 3.05) is 14.2 Å². The molecular formula is C64H72Br2F4N6O10S2. The van der Waals surface area contributed by atoms with Gasteiger partial charge in [-0.25, -0.2) is 16.8 Å². The summed E-state index contributed by atoms with van der Waals surface area (Å²) in [6, 6.07) is 20.5. The number of halogens is 6. The number of hydrogen-bond donors (Lipinski definition) is 4. The van der Waals surface area contributed by atoms with Crippen LogP contribution in [0.1, 0.15) is 114 Å². The average Bonchev–Trinajstić information content (AvgIpc) is 1.34. The first-order valence-corrected chi connectivity index (χ1v) is 34.5. The number of nitrogens with two attached hydrogens (primary N) is 2. The summed E-state index contributed by atoms with van der Waals surface area (Å²) in [5.41, 5.74) is 11.2. The van der Waals surface area contributed by atoms with E-state index in [4.69, 9.17) is 30.4 Å². The van der Waals surface area contributed by atoms with E-state index in [1.165, 1.54) is 60.4 Å². The monoisotopic (exact) mass is 1380 g/mol. The summed E-state index contributed by atoms with van der Waals surface area (Å²) in [6.45, 7) is 0. The highest BCUT2D eigenvalue weighted by Gasteiger charge is 2.56. The summed E-state index contributed by atoms with van der Waals surface area (Å²) in [5.74, 6) is -8.10. The minimum atomic E-state index is -4.58. The maximum atomic E-state index is 16.5. The van der Waals surface area contributed by atoms with Gasteiger partial charge in [-0.05, 0) is 229 Å². The predicted octanol–water partition coefficient (Wildman–Crippen LogP) is 11.7. The lowest BCUT2D eigenvalue weighted by molar-refractivity contribution is -0.150. The molecule has 0 spiro atoms. The number of fused-ring (bicyclic) bond motifs is 6. The Balaban J connectivity index is 0.000000182. The van der Waals surface area contributed by atoms with Gasteiger partial charge in [0.2, 0.25) is 31.9 Å². The third-order valence-corrected chi connectivity index (χ3v) is 22.4. The Labute approximate surface area is 527 Å². The van der Waals surface area contributed by atoms with Gasteiger partial charge in [0.1, 0.15) is 23.0 Å². The predicted molar refractivity (Wildman–Crippen MR) is 333 cm³/mol. The number of benzene rings is 6. The highest BCUT2D eigenvalue weighted by atomic mass is 79.9. The Kier molecular flexibility index (Phi) is 18.9. The van der Waals surface area contributed by atoms with Crippen LogP contribution in [0.25, 0.3) is 21.5 Å². The SMILES string of the molecule is COc1cc(C(F)(F)[C@@H](NS(=O)(=O)c2ccc3cc(OC4CCCC4)ccc3c2)C(=O)N2C3CCC2CC(N)C3)ccc1Br.COc1cc(C(F)(F)[C@H](NS(=O)(=O)c2ccc3cc(OC4CCCC4)ccc3c2)C(=O)N2C3CCC2CC(N)C3)ccc1Br. The number of carbonyl (C=O) groups excluding carboxylic acids is 2. The molecule has 4 saturated heterocycles. The molecule has 6 aliphatic rings. The Morgan fingerprint density at radius 1 is 0.500 bits per heavy atom. The third-order valence-electron chi connectivity index (χ3n) is 18.3. The zero-order chi connectivity index (χ0) is 62.5. The number of sulfonamides is 2. The van der Waals surface area contributed by atoms with E-state index in [0.29, 0.717) is 82.6 Å².